The molecule has 2 aromatic carbocycles. The lowest BCUT2D eigenvalue weighted by molar-refractivity contribution is 0.247. The molecule has 0 aromatic heterocycles. The molecule has 6 heteroatoms. The maximum atomic E-state index is 11.4. The fourth-order valence-electron chi connectivity index (χ4n) is 3.82. The molecule has 2 aliphatic rings. The average Bonchev–Trinajstić information content (AvgIpc) is 3.05. The van der Waals surface area contributed by atoms with Gasteiger partial charge in [-0.1, -0.05) is 42.5 Å². The largest absolute Gasteiger partial charge is 0.489 e. The van der Waals surface area contributed by atoms with Gasteiger partial charge in [0.05, 0.1) is 12.1 Å². The number of halogens is 1. The molecule has 2 fully saturated rings. The number of hydrogen-bond acceptors (Lipinski definition) is 3. The van der Waals surface area contributed by atoms with Crippen molar-refractivity contribution in [1.29, 1.82) is 0 Å². The smallest absolute Gasteiger partial charge is 0.315 e. The van der Waals surface area contributed by atoms with Gasteiger partial charge in [-0.05, 0) is 42.5 Å². The quantitative estimate of drug-likeness (QED) is 0.712. The second-order valence-corrected chi connectivity index (χ2v) is 7.14. The third kappa shape index (κ3) is 5.15. The summed E-state index contributed by atoms with van der Waals surface area (Å²) in [4.78, 5) is 11.4. The van der Waals surface area contributed by atoms with E-state index in [1.165, 1.54) is 11.1 Å². The van der Waals surface area contributed by atoms with E-state index < -0.39 is 0 Å². The van der Waals surface area contributed by atoms with Crippen molar-refractivity contribution < 1.29 is 9.53 Å². The Bertz CT molecular complexity index is 756. The Morgan fingerprint density at radius 3 is 2.59 bits per heavy atom. The highest BCUT2D eigenvalue weighted by molar-refractivity contribution is 5.85. The fourth-order valence-corrected chi connectivity index (χ4v) is 3.82. The summed E-state index contributed by atoms with van der Waals surface area (Å²) in [5, 5.41) is 9.64. The highest BCUT2D eigenvalue weighted by atomic mass is 35.5. The van der Waals surface area contributed by atoms with Gasteiger partial charge in [-0.25, -0.2) is 4.79 Å². The van der Waals surface area contributed by atoms with Gasteiger partial charge in [-0.3, -0.25) is 0 Å². The van der Waals surface area contributed by atoms with Crippen LogP contribution < -0.4 is 20.7 Å². The van der Waals surface area contributed by atoms with E-state index in [9.17, 15) is 4.79 Å². The van der Waals surface area contributed by atoms with Gasteiger partial charge < -0.3 is 20.7 Å². The maximum Gasteiger partial charge on any atom is 0.315 e. The zero-order valence-electron chi connectivity index (χ0n) is 15.2. The van der Waals surface area contributed by atoms with Crippen LogP contribution in [0.4, 0.5) is 4.79 Å². The molecule has 1 aliphatic heterocycles. The zero-order chi connectivity index (χ0) is 17.8. The summed E-state index contributed by atoms with van der Waals surface area (Å²) in [5.74, 6) is 0.893. The van der Waals surface area contributed by atoms with E-state index in [2.05, 4.69) is 40.2 Å². The second-order valence-electron chi connectivity index (χ2n) is 7.14. The van der Waals surface area contributed by atoms with Gasteiger partial charge in [-0.2, -0.15) is 0 Å². The number of hydrogen-bond donors (Lipinski definition) is 3. The number of benzene rings is 2. The molecular formula is C21H26ClN3O2. The lowest BCUT2D eigenvalue weighted by atomic mass is 9.88. The molecule has 1 aliphatic carbocycles. The van der Waals surface area contributed by atoms with Crippen molar-refractivity contribution in [2.75, 3.05) is 0 Å². The molecule has 1 saturated heterocycles. The molecule has 4 rings (SSSR count). The van der Waals surface area contributed by atoms with Crippen LogP contribution in [0.5, 0.6) is 5.75 Å². The van der Waals surface area contributed by atoms with Crippen molar-refractivity contribution in [2.24, 2.45) is 0 Å². The lowest BCUT2D eigenvalue weighted by Crippen LogP contribution is -2.46. The molecule has 0 spiro atoms. The van der Waals surface area contributed by atoms with Crippen molar-refractivity contribution in [2.45, 2.75) is 50.5 Å². The van der Waals surface area contributed by atoms with Gasteiger partial charge >= 0.3 is 6.03 Å². The molecule has 3 N–H and O–H groups in total. The standard InChI is InChI=1S/C21H25N3O2.ClH/c25-21-23-19-10-9-17(12-20(19)24-21)22-13-16-7-4-8-18(11-16)26-14-15-5-2-1-3-6-15;/h1-8,11,17,19-20,22H,9-10,12-14H2,(H2,23,24,25);1H. The molecule has 1 saturated carbocycles. The van der Waals surface area contributed by atoms with Gasteiger partial charge in [0.25, 0.3) is 0 Å². The molecular weight excluding hydrogens is 362 g/mol. The normalized spacial score (nSPS) is 23.6. The third-order valence-electron chi connectivity index (χ3n) is 5.22. The third-order valence-corrected chi connectivity index (χ3v) is 5.22. The number of nitrogens with one attached hydrogen (secondary N) is 3. The van der Waals surface area contributed by atoms with Crippen molar-refractivity contribution in [3.05, 3.63) is 65.7 Å². The Labute approximate surface area is 166 Å². The summed E-state index contributed by atoms with van der Waals surface area (Å²) in [5.41, 5.74) is 2.38. The Balaban J connectivity index is 0.00000210. The number of carbonyl (C=O) groups excluding carboxylic acids is 1. The number of carbonyl (C=O) groups is 1. The van der Waals surface area contributed by atoms with Crippen molar-refractivity contribution >= 4 is 18.4 Å². The van der Waals surface area contributed by atoms with E-state index in [4.69, 9.17) is 4.74 Å². The summed E-state index contributed by atoms with van der Waals surface area (Å²) >= 11 is 0. The molecule has 0 radical (unpaired) electrons. The van der Waals surface area contributed by atoms with Crippen LogP contribution in [0.2, 0.25) is 0 Å². The molecule has 2 amide bonds. The number of ether oxygens (including phenoxy) is 1. The van der Waals surface area contributed by atoms with Crippen molar-refractivity contribution in [1.82, 2.24) is 16.0 Å². The van der Waals surface area contributed by atoms with Crippen molar-refractivity contribution in [3.8, 4) is 5.75 Å². The summed E-state index contributed by atoms with van der Waals surface area (Å²) < 4.78 is 5.91. The Kier molecular flexibility index (Phi) is 6.58. The van der Waals surface area contributed by atoms with E-state index >= 15 is 0 Å². The molecule has 27 heavy (non-hydrogen) atoms. The van der Waals surface area contributed by atoms with Gasteiger partial charge in [0, 0.05) is 12.6 Å². The molecule has 3 atom stereocenters. The average molecular weight is 388 g/mol. The van der Waals surface area contributed by atoms with E-state index in [1.54, 1.807) is 0 Å². The summed E-state index contributed by atoms with van der Waals surface area (Å²) in [6.07, 6.45) is 3.10. The SMILES string of the molecule is Cl.O=C1NC2CCC(NCc3cccc(OCc4ccccc4)c3)CC2N1. The number of amides is 2. The maximum absolute atomic E-state index is 11.4. The van der Waals surface area contributed by atoms with Crippen LogP contribution in [-0.2, 0) is 13.2 Å². The zero-order valence-corrected chi connectivity index (χ0v) is 16.0. The Hall–Kier alpha value is -2.24. The minimum atomic E-state index is -0.0242. The minimum Gasteiger partial charge on any atom is -0.489 e. The van der Waals surface area contributed by atoms with Crippen LogP contribution in [0.1, 0.15) is 30.4 Å². The predicted molar refractivity (Wildman–Crippen MR) is 108 cm³/mol. The minimum absolute atomic E-state index is 0. The van der Waals surface area contributed by atoms with Crippen LogP contribution in [0.25, 0.3) is 0 Å². The first-order chi connectivity index (χ1) is 12.8. The van der Waals surface area contributed by atoms with Gasteiger partial charge in [0.1, 0.15) is 12.4 Å². The topological polar surface area (TPSA) is 62.4 Å². The van der Waals surface area contributed by atoms with Crippen LogP contribution in [0.15, 0.2) is 54.6 Å². The summed E-state index contributed by atoms with van der Waals surface area (Å²) in [7, 11) is 0. The highest BCUT2D eigenvalue weighted by Crippen LogP contribution is 2.23. The molecule has 0 bridgehead atoms. The first-order valence-electron chi connectivity index (χ1n) is 9.32. The Morgan fingerprint density at radius 2 is 1.74 bits per heavy atom. The molecule has 3 unspecified atom stereocenters. The first-order valence-corrected chi connectivity index (χ1v) is 9.32. The fraction of sp³-hybridized carbons (Fsp3) is 0.381. The number of rotatable bonds is 6. The van der Waals surface area contributed by atoms with Crippen LogP contribution in [0, 0.1) is 0 Å². The van der Waals surface area contributed by atoms with Gasteiger partial charge in [0.15, 0.2) is 0 Å². The predicted octanol–water partition coefficient (Wildman–Crippen LogP) is 3.38. The summed E-state index contributed by atoms with van der Waals surface area (Å²) in [6.45, 7) is 1.39. The Morgan fingerprint density at radius 1 is 0.963 bits per heavy atom. The molecule has 144 valence electrons. The van der Waals surface area contributed by atoms with Gasteiger partial charge in [0.2, 0.25) is 0 Å². The van der Waals surface area contributed by atoms with E-state index in [-0.39, 0.29) is 24.5 Å². The molecule has 1 heterocycles. The monoisotopic (exact) mass is 387 g/mol. The van der Waals surface area contributed by atoms with Gasteiger partial charge in [-0.15, -0.1) is 12.4 Å². The molecule has 5 nitrogen and oxygen atoms in total. The first kappa shape index (κ1) is 19.5. The number of fused-ring (bicyclic) bond motifs is 1. The summed E-state index contributed by atoms with van der Waals surface area (Å²) in [6, 6.07) is 19.4. The van der Waals surface area contributed by atoms with Crippen LogP contribution >= 0.6 is 12.4 Å². The lowest BCUT2D eigenvalue weighted by Gasteiger charge is -2.31. The van der Waals surface area contributed by atoms with E-state index in [1.807, 2.05) is 30.3 Å². The van der Waals surface area contributed by atoms with Crippen LogP contribution in [0.3, 0.4) is 0 Å². The van der Waals surface area contributed by atoms with E-state index in [0.29, 0.717) is 18.7 Å². The van der Waals surface area contributed by atoms with E-state index in [0.717, 1.165) is 31.6 Å². The second kappa shape index (κ2) is 9.11. The number of urea groups is 1. The van der Waals surface area contributed by atoms with Crippen molar-refractivity contribution in [3.63, 3.8) is 0 Å². The highest BCUT2D eigenvalue weighted by Gasteiger charge is 2.36. The molecule has 2 aromatic rings. The van der Waals surface area contributed by atoms with Crippen LogP contribution in [-0.4, -0.2) is 24.2 Å².